The molecule has 0 aliphatic carbocycles. The maximum atomic E-state index is 13.0. The first kappa shape index (κ1) is 17.4. The molecule has 132 valence electrons. The number of aryl methyl sites for hydroxylation is 1. The molecule has 25 heavy (non-hydrogen) atoms. The molecule has 1 heterocycles. The van der Waals surface area contributed by atoms with Crippen LogP contribution in [0.15, 0.2) is 53.4 Å². The molecule has 3 rings (SSSR count). The molecule has 0 atom stereocenters. The third-order valence-electron chi connectivity index (χ3n) is 4.35. The van der Waals surface area contributed by atoms with Crippen molar-refractivity contribution in [3.8, 4) is 0 Å². The molecule has 0 spiro atoms. The fourth-order valence-electron chi connectivity index (χ4n) is 3.07. The van der Waals surface area contributed by atoms with Crippen molar-refractivity contribution in [2.24, 2.45) is 0 Å². The predicted octanol–water partition coefficient (Wildman–Crippen LogP) is 2.41. The first-order valence-electron chi connectivity index (χ1n) is 7.95. The van der Waals surface area contributed by atoms with Crippen LogP contribution in [-0.4, -0.2) is 43.8 Å². The lowest BCUT2D eigenvalue weighted by Gasteiger charge is -2.35. The van der Waals surface area contributed by atoms with E-state index < -0.39 is 14.9 Å². The predicted molar refractivity (Wildman–Crippen MR) is 95.2 cm³/mol. The van der Waals surface area contributed by atoms with Gasteiger partial charge < -0.3 is 4.90 Å². The molecular weight excluding hydrogens is 342 g/mol. The van der Waals surface area contributed by atoms with Crippen LogP contribution in [0, 0.1) is 17.0 Å². The van der Waals surface area contributed by atoms with Crippen LogP contribution < -0.4 is 4.90 Å². The molecule has 2 aromatic rings. The number of hydrogen-bond donors (Lipinski definition) is 0. The largest absolute Gasteiger partial charge is 0.369 e. The van der Waals surface area contributed by atoms with E-state index in [9.17, 15) is 18.5 Å². The minimum atomic E-state index is -3.91. The molecule has 0 aromatic heterocycles. The van der Waals surface area contributed by atoms with Gasteiger partial charge in [0.1, 0.15) is 0 Å². The van der Waals surface area contributed by atoms with Crippen LogP contribution in [0.4, 0.5) is 11.4 Å². The topological polar surface area (TPSA) is 83.8 Å². The summed E-state index contributed by atoms with van der Waals surface area (Å²) in [5.74, 6) is 0. The molecular formula is C17H19N3O4S. The summed E-state index contributed by atoms with van der Waals surface area (Å²) in [7, 11) is -3.91. The summed E-state index contributed by atoms with van der Waals surface area (Å²) in [4.78, 5) is 12.5. The van der Waals surface area contributed by atoms with Crippen LogP contribution in [0.5, 0.6) is 0 Å². The lowest BCUT2D eigenvalue weighted by atomic mass is 10.2. The molecule has 0 N–H and O–H groups in total. The summed E-state index contributed by atoms with van der Waals surface area (Å²) in [5.41, 5.74) is 1.06. The molecule has 1 aliphatic rings. The lowest BCUT2D eigenvalue weighted by Crippen LogP contribution is -2.48. The highest BCUT2D eigenvalue weighted by Gasteiger charge is 2.35. The Hall–Kier alpha value is -2.45. The van der Waals surface area contributed by atoms with Gasteiger partial charge in [0.15, 0.2) is 4.90 Å². The number of anilines is 1. The van der Waals surface area contributed by atoms with Gasteiger partial charge in [-0.1, -0.05) is 30.3 Å². The minimum Gasteiger partial charge on any atom is -0.369 e. The molecule has 0 saturated carbocycles. The summed E-state index contributed by atoms with van der Waals surface area (Å²) in [6.45, 7) is 3.26. The average molecular weight is 361 g/mol. The number of hydrogen-bond acceptors (Lipinski definition) is 5. The van der Waals surface area contributed by atoms with E-state index in [1.54, 1.807) is 13.0 Å². The van der Waals surface area contributed by atoms with E-state index in [2.05, 4.69) is 4.90 Å². The van der Waals surface area contributed by atoms with Crippen molar-refractivity contribution >= 4 is 21.4 Å². The van der Waals surface area contributed by atoms with Crippen LogP contribution in [0.1, 0.15) is 5.56 Å². The Labute approximate surface area is 146 Å². The average Bonchev–Trinajstić information content (AvgIpc) is 2.62. The van der Waals surface area contributed by atoms with Gasteiger partial charge in [0, 0.05) is 37.9 Å². The number of benzene rings is 2. The van der Waals surface area contributed by atoms with Crippen molar-refractivity contribution in [1.29, 1.82) is 0 Å². The maximum Gasteiger partial charge on any atom is 0.289 e. The van der Waals surface area contributed by atoms with Gasteiger partial charge in [-0.15, -0.1) is 0 Å². The quantitative estimate of drug-likeness (QED) is 0.617. The van der Waals surface area contributed by atoms with Gasteiger partial charge in [-0.05, 0) is 24.6 Å². The van der Waals surface area contributed by atoms with Crippen molar-refractivity contribution in [2.75, 3.05) is 31.1 Å². The minimum absolute atomic E-state index is 0.201. The van der Waals surface area contributed by atoms with Crippen LogP contribution >= 0.6 is 0 Å². The van der Waals surface area contributed by atoms with E-state index in [0.29, 0.717) is 31.7 Å². The fourth-order valence-corrected chi connectivity index (χ4v) is 4.85. The Morgan fingerprint density at radius 2 is 1.60 bits per heavy atom. The second-order valence-corrected chi connectivity index (χ2v) is 7.78. The van der Waals surface area contributed by atoms with Crippen LogP contribution in [0.2, 0.25) is 0 Å². The van der Waals surface area contributed by atoms with Crippen molar-refractivity contribution < 1.29 is 13.3 Å². The summed E-state index contributed by atoms with van der Waals surface area (Å²) in [6, 6.07) is 14.1. The Balaban J connectivity index is 1.85. The van der Waals surface area contributed by atoms with Gasteiger partial charge in [-0.3, -0.25) is 10.1 Å². The number of rotatable bonds is 4. The highest BCUT2D eigenvalue weighted by atomic mass is 32.2. The molecule has 1 fully saturated rings. The van der Waals surface area contributed by atoms with Crippen LogP contribution in [-0.2, 0) is 10.0 Å². The third-order valence-corrected chi connectivity index (χ3v) is 6.44. The number of piperazine rings is 1. The lowest BCUT2D eigenvalue weighted by molar-refractivity contribution is -0.387. The van der Waals surface area contributed by atoms with E-state index in [4.69, 9.17) is 0 Å². The summed E-state index contributed by atoms with van der Waals surface area (Å²) >= 11 is 0. The number of nitrogens with zero attached hydrogens (tertiary/aromatic N) is 3. The number of nitro groups is 1. The molecule has 2 aromatic carbocycles. The second-order valence-electron chi connectivity index (χ2n) is 5.91. The molecule has 0 unspecified atom stereocenters. The van der Waals surface area contributed by atoms with Crippen molar-refractivity contribution in [1.82, 2.24) is 4.31 Å². The normalized spacial score (nSPS) is 16.0. The van der Waals surface area contributed by atoms with Gasteiger partial charge in [-0.25, -0.2) is 8.42 Å². The van der Waals surface area contributed by atoms with Gasteiger partial charge in [-0.2, -0.15) is 4.31 Å². The van der Waals surface area contributed by atoms with Crippen LogP contribution in [0.25, 0.3) is 0 Å². The van der Waals surface area contributed by atoms with E-state index in [1.807, 2.05) is 30.3 Å². The number of para-hydroxylation sites is 1. The third kappa shape index (κ3) is 3.35. The first-order chi connectivity index (χ1) is 11.9. The zero-order valence-corrected chi connectivity index (χ0v) is 14.6. The number of nitro benzene ring substituents is 1. The summed E-state index contributed by atoms with van der Waals surface area (Å²) in [6.07, 6.45) is 0. The second kappa shape index (κ2) is 6.81. The Kier molecular flexibility index (Phi) is 4.73. The fraction of sp³-hybridized carbons (Fsp3) is 0.294. The number of sulfonamides is 1. The molecule has 1 saturated heterocycles. The highest BCUT2D eigenvalue weighted by Crippen LogP contribution is 2.30. The molecule has 7 nitrogen and oxygen atoms in total. The van der Waals surface area contributed by atoms with Gasteiger partial charge in [0.25, 0.3) is 5.69 Å². The van der Waals surface area contributed by atoms with Gasteiger partial charge in [0.2, 0.25) is 10.0 Å². The van der Waals surface area contributed by atoms with Gasteiger partial charge >= 0.3 is 0 Å². The standard InChI is InChI=1S/C17H19N3O4S/c1-14-6-5-9-16(20(21)22)17(14)25(23,24)19-12-10-18(11-13-19)15-7-3-2-4-8-15/h2-9H,10-13H2,1H3. The molecule has 8 heteroatoms. The van der Waals surface area contributed by atoms with Gasteiger partial charge in [0.05, 0.1) is 4.92 Å². The molecule has 1 aliphatic heterocycles. The van der Waals surface area contributed by atoms with Crippen molar-refractivity contribution in [3.63, 3.8) is 0 Å². The Morgan fingerprint density at radius 3 is 2.20 bits per heavy atom. The summed E-state index contributed by atoms with van der Waals surface area (Å²) < 4.78 is 27.3. The van der Waals surface area contributed by atoms with Crippen LogP contribution in [0.3, 0.4) is 0 Å². The zero-order chi connectivity index (χ0) is 18.0. The molecule has 0 amide bonds. The Morgan fingerprint density at radius 1 is 0.960 bits per heavy atom. The highest BCUT2D eigenvalue weighted by molar-refractivity contribution is 7.89. The van der Waals surface area contributed by atoms with E-state index in [1.165, 1.54) is 16.4 Å². The zero-order valence-electron chi connectivity index (χ0n) is 13.8. The maximum absolute atomic E-state index is 13.0. The molecule has 0 bridgehead atoms. The Bertz CT molecular complexity index is 876. The first-order valence-corrected chi connectivity index (χ1v) is 9.39. The van der Waals surface area contributed by atoms with E-state index in [0.717, 1.165) is 5.69 Å². The smallest absolute Gasteiger partial charge is 0.289 e. The van der Waals surface area contributed by atoms with Crippen molar-refractivity contribution in [3.05, 3.63) is 64.2 Å². The van der Waals surface area contributed by atoms with E-state index in [-0.39, 0.29) is 10.6 Å². The van der Waals surface area contributed by atoms with Crippen molar-refractivity contribution in [2.45, 2.75) is 11.8 Å². The molecule has 0 radical (unpaired) electrons. The van der Waals surface area contributed by atoms with E-state index >= 15 is 0 Å². The monoisotopic (exact) mass is 361 g/mol. The summed E-state index contributed by atoms with van der Waals surface area (Å²) in [5, 5.41) is 11.3. The SMILES string of the molecule is Cc1cccc([N+](=O)[O-])c1S(=O)(=O)N1CCN(c2ccccc2)CC1.